The molecule has 0 amide bonds. The van der Waals surface area contributed by atoms with Crippen LogP contribution in [0.3, 0.4) is 0 Å². The highest BCUT2D eigenvalue weighted by molar-refractivity contribution is 6.06. The average Bonchev–Trinajstić information content (AvgIpc) is 2.71. The first-order chi connectivity index (χ1) is 13.5. The maximum absolute atomic E-state index is 12.4. The van der Waals surface area contributed by atoms with Gasteiger partial charge in [-0.15, -0.1) is 0 Å². The Labute approximate surface area is 159 Å². The fourth-order valence-electron chi connectivity index (χ4n) is 2.98. The van der Waals surface area contributed by atoms with E-state index >= 15 is 0 Å². The summed E-state index contributed by atoms with van der Waals surface area (Å²) in [6.07, 6.45) is 1.41. The predicted octanol–water partition coefficient (Wildman–Crippen LogP) is 2.59. The van der Waals surface area contributed by atoms with Crippen molar-refractivity contribution in [3.05, 3.63) is 40.6 Å². The first-order valence-corrected chi connectivity index (χ1v) is 8.00. The highest BCUT2D eigenvalue weighted by atomic mass is 16.5. The van der Waals surface area contributed by atoms with Crippen LogP contribution in [-0.4, -0.2) is 44.5 Å². The van der Waals surface area contributed by atoms with Crippen LogP contribution in [0.2, 0.25) is 0 Å². The van der Waals surface area contributed by atoms with Crippen LogP contribution in [0.15, 0.2) is 33.6 Å². The lowest BCUT2D eigenvalue weighted by atomic mass is 9.98. The number of hydrogen-bond acceptors (Lipinski definition) is 8. The first kappa shape index (κ1) is 19.0. The molecule has 9 heteroatoms. The van der Waals surface area contributed by atoms with Crippen LogP contribution in [0, 0.1) is 0 Å². The van der Waals surface area contributed by atoms with E-state index < -0.39 is 17.4 Å². The van der Waals surface area contributed by atoms with Crippen molar-refractivity contribution in [3.63, 3.8) is 0 Å². The summed E-state index contributed by atoms with van der Waals surface area (Å²) >= 11 is 0. The second kappa shape index (κ2) is 7.47. The number of benzene rings is 1. The van der Waals surface area contributed by atoms with Crippen LogP contribution in [0.25, 0.3) is 21.9 Å². The van der Waals surface area contributed by atoms with E-state index in [1.165, 1.54) is 40.7 Å². The Morgan fingerprint density at radius 3 is 2.18 bits per heavy atom. The lowest BCUT2D eigenvalue weighted by molar-refractivity contribution is 0.0659. The Bertz CT molecular complexity index is 1090. The van der Waals surface area contributed by atoms with Gasteiger partial charge in [0, 0.05) is 17.1 Å². The molecule has 0 spiro atoms. The maximum atomic E-state index is 12.4. The van der Waals surface area contributed by atoms with Crippen LogP contribution in [0.4, 0.5) is 0 Å². The topological polar surface area (TPSA) is 117 Å². The van der Waals surface area contributed by atoms with E-state index in [1.54, 1.807) is 12.1 Å². The molecule has 3 rings (SSSR count). The van der Waals surface area contributed by atoms with Gasteiger partial charge in [-0.2, -0.15) is 0 Å². The Kier molecular flexibility index (Phi) is 5.08. The number of fused-ring (bicyclic) bond motifs is 1. The number of aromatic nitrogens is 1. The summed E-state index contributed by atoms with van der Waals surface area (Å²) in [5.41, 5.74) is -0.329. The van der Waals surface area contributed by atoms with E-state index in [2.05, 4.69) is 4.98 Å². The molecule has 0 aliphatic rings. The third kappa shape index (κ3) is 2.96. The Morgan fingerprint density at radius 1 is 1.04 bits per heavy atom. The van der Waals surface area contributed by atoms with Gasteiger partial charge in [0.2, 0.25) is 17.4 Å². The zero-order valence-corrected chi connectivity index (χ0v) is 15.6. The summed E-state index contributed by atoms with van der Waals surface area (Å²) in [5.74, 6) is -0.941. The fourth-order valence-corrected chi connectivity index (χ4v) is 2.98. The number of aromatic carboxylic acids is 1. The lowest BCUT2D eigenvalue weighted by Crippen LogP contribution is -2.11. The van der Waals surface area contributed by atoms with Crippen molar-refractivity contribution in [1.82, 2.24) is 4.98 Å². The minimum atomic E-state index is -1.40. The van der Waals surface area contributed by atoms with Crippen molar-refractivity contribution in [1.29, 1.82) is 0 Å². The summed E-state index contributed by atoms with van der Waals surface area (Å²) in [4.78, 5) is 28.2. The highest BCUT2D eigenvalue weighted by Gasteiger charge is 2.25. The van der Waals surface area contributed by atoms with Gasteiger partial charge in [-0.25, -0.2) is 14.6 Å². The van der Waals surface area contributed by atoms with E-state index in [9.17, 15) is 14.7 Å². The zero-order chi connectivity index (χ0) is 20.4. The molecule has 9 nitrogen and oxygen atoms in total. The summed E-state index contributed by atoms with van der Waals surface area (Å²) in [7, 11) is 5.69. The molecule has 2 aromatic heterocycles. The van der Waals surface area contributed by atoms with Gasteiger partial charge in [-0.1, -0.05) is 0 Å². The second-order valence-corrected chi connectivity index (χ2v) is 5.56. The SMILES string of the molecule is COc1cc(-c2c(C(=O)O)oc(=O)c3c(OC)nccc23)cc(OC)c1OC. The van der Waals surface area contributed by atoms with Crippen molar-refractivity contribution in [2.24, 2.45) is 0 Å². The van der Waals surface area contributed by atoms with Crippen LogP contribution in [-0.2, 0) is 0 Å². The van der Waals surface area contributed by atoms with Gasteiger partial charge in [-0.05, 0) is 23.8 Å². The van der Waals surface area contributed by atoms with E-state index in [0.29, 0.717) is 28.2 Å². The molecular weight excluding hydrogens is 370 g/mol. The molecule has 2 heterocycles. The number of hydrogen-bond donors (Lipinski definition) is 1. The number of carboxylic acid groups (broad SMARTS) is 1. The lowest BCUT2D eigenvalue weighted by Gasteiger charge is -2.16. The Morgan fingerprint density at radius 2 is 1.68 bits per heavy atom. The minimum Gasteiger partial charge on any atom is -0.493 e. The van der Waals surface area contributed by atoms with Crippen molar-refractivity contribution in [3.8, 4) is 34.3 Å². The van der Waals surface area contributed by atoms with E-state index in [-0.39, 0.29) is 16.8 Å². The van der Waals surface area contributed by atoms with Gasteiger partial charge in [-0.3, -0.25) is 0 Å². The van der Waals surface area contributed by atoms with Gasteiger partial charge in [0.15, 0.2) is 11.5 Å². The summed E-state index contributed by atoms with van der Waals surface area (Å²) in [5, 5.41) is 9.95. The maximum Gasteiger partial charge on any atom is 0.372 e. The minimum absolute atomic E-state index is 0.0249. The molecule has 1 aromatic carbocycles. The number of pyridine rings is 1. The van der Waals surface area contributed by atoms with Gasteiger partial charge >= 0.3 is 11.6 Å². The van der Waals surface area contributed by atoms with Gasteiger partial charge in [0.25, 0.3) is 0 Å². The largest absolute Gasteiger partial charge is 0.493 e. The van der Waals surface area contributed by atoms with E-state index in [0.717, 1.165) is 0 Å². The van der Waals surface area contributed by atoms with Crippen molar-refractivity contribution < 1.29 is 33.3 Å². The molecule has 1 N–H and O–H groups in total. The molecule has 28 heavy (non-hydrogen) atoms. The molecule has 0 radical (unpaired) electrons. The number of methoxy groups -OCH3 is 4. The molecule has 0 aliphatic heterocycles. The molecule has 0 saturated heterocycles. The molecule has 146 valence electrons. The molecule has 3 aromatic rings. The Hall–Kier alpha value is -3.75. The fraction of sp³-hybridized carbons (Fsp3) is 0.211. The summed E-state index contributed by atoms with van der Waals surface area (Å²) < 4.78 is 26.2. The number of carboxylic acids is 1. The third-order valence-electron chi connectivity index (χ3n) is 4.15. The number of rotatable bonds is 6. The van der Waals surface area contributed by atoms with Gasteiger partial charge < -0.3 is 28.5 Å². The van der Waals surface area contributed by atoms with Crippen LogP contribution >= 0.6 is 0 Å². The quantitative estimate of drug-likeness (QED) is 0.681. The molecule has 0 aliphatic carbocycles. The Balaban J connectivity index is 2.49. The molecule has 0 saturated carbocycles. The van der Waals surface area contributed by atoms with E-state index in [4.69, 9.17) is 23.4 Å². The van der Waals surface area contributed by atoms with Gasteiger partial charge in [0.1, 0.15) is 5.39 Å². The van der Waals surface area contributed by atoms with Crippen molar-refractivity contribution >= 4 is 16.7 Å². The predicted molar refractivity (Wildman–Crippen MR) is 98.9 cm³/mol. The standard InChI is InChI=1S/C19H17NO8/c1-24-11-7-9(8-12(25-2)15(11)26-3)13-10-5-6-20-17(27-4)14(10)19(23)28-16(13)18(21)22/h5-8H,1-4H3,(H,21,22). The smallest absolute Gasteiger partial charge is 0.372 e. The van der Waals surface area contributed by atoms with Crippen LogP contribution in [0.1, 0.15) is 10.6 Å². The first-order valence-electron chi connectivity index (χ1n) is 8.00. The van der Waals surface area contributed by atoms with Crippen LogP contribution < -0.4 is 24.6 Å². The number of carbonyl (C=O) groups is 1. The normalized spacial score (nSPS) is 10.6. The number of ether oxygens (including phenoxy) is 4. The average molecular weight is 387 g/mol. The molecule has 0 bridgehead atoms. The number of nitrogens with zero attached hydrogens (tertiary/aromatic N) is 1. The highest BCUT2D eigenvalue weighted by Crippen LogP contribution is 2.43. The van der Waals surface area contributed by atoms with Crippen LogP contribution in [0.5, 0.6) is 23.1 Å². The third-order valence-corrected chi connectivity index (χ3v) is 4.15. The summed E-state index contributed by atoms with van der Waals surface area (Å²) in [6.45, 7) is 0. The monoisotopic (exact) mass is 387 g/mol. The molecule has 0 atom stereocenters. The van der Waals surface area contributed by atoms with E-state index in [1.807, 2.05) is 0 Å². The molecular formula is C19H17NO8. The van der Waals surface area contributed by atoms with Crippen molar-refractivity contribution in [2.75, 3.05) is 28.4 Å². The summed E-state index contributed by atoms with van der Waals surface area (Å²) in [6, 6.07) is 4.64. The molecule has 0 unspecified atom stereocenters. The molecule has 0 fully saturated rings. The zero-order valence-electron chi connectivity index (χ0n) is 15.6. The van der Waals surface area contributed by atoms with Gasteiger partial charge in [0.05, 0.1) is 28.4 Å². The van der Waals surface area contributed by atoms with Crippen molar-refractivity contribution in [2.45, 2.75) is 0 Å². The second-order valence-electron chi connectivity index (χ2n) is 5.56.